The van der Waals surface area contributed by atoms with Crippen molar-refractivity contribution in [1.29, 1.82) is 0 Å². The molecule has 1 fully saturated rings. The average Bonchev–Trinajstić information content (AvgIpc) is 2.37. The minimum absolute atomic E-state index is 0.0597. The molecular weight excluding hydrogens is 257 g/mol. The van der Waals surface area contributed by atoms with E-state index in [1.54, 1.807) is 11.9 Å². The summed E-state index contributed by atoms with van der Waals surface area (Å²) in [6, 6.07) is 9.61. The van der Waals surface area contributed by atoms with Crippen LogP contribution in [0.2, 0.25) is 0 Å². The average molecular weight is 273 g/mol. The lowest BCUT2D eigenvalue weighted by Crippen LogP contribution is -2.43. The minimum atomic E-state index is -1.01. The third-order valence-corrected chi connectivity index (χ3v) is 2.88. The highest BCUT2D eigenvalue weighted by molar-refractivity contribution is 6.57. The van der Waals surface area contributed by atoms with Gasteiger partial charge in [-0.1, -0.05) is 30.3 Å². The number of nitrogens with zero attached hydrogens (tertiary/aromatic N) is 1. The molecule has 0 N–H and O–H groups in total. The fraction of sp³-hybridized carbons (Fsp3) is 0.286. The highest BCUT2D eigenvalue weighted by Crippen LogP contribution is 2.13. The SMILES string of the molecule is C=C(Cc1ccccc1)B1OC(=O)CN(C)CC(=O)O1. The number of likely N-dealkylation sites (N-methyl/N-ethyl adjacent to an activating group) is 1. The lowest BCUT2D eigenvalue weighted by atomic mass is 9.75. The molecule has 6 heteroatoms. The highest BCUT2D eigenvalue weighted by Gasteiger charge is 2.34. The van der Waals surface area contributed by atoms with E-state index in [-0.39, 0.29) is 13.1 Å². The number of hydrogen-bond donors (Lipinski definition) is 0. The monoisotopic (exact) mass is 273 g/mol. The summed E-state index contributed by atoms with van der Waals surface area (Å²) >= 11 is 0. The molecule has 0 amide bonds. The first-order valence-electron chi connectivity index (χ1n) is 6.33. The second-order valence-electron chi connectivity index (χ2n) is 4.80. The zero-order valence-corrected chi connectivity index (χ0v) is 11.4. The first-order valence-corrected chi connectivity index (χ1v) is 6.33. The van der Waals surface area contributed by atoms with Crippen LogP contribution in [0, 0.1) is 0 Å². The Hall–Kier alpha value is -2.08. The van der Waals surface area contributed by atoms with Crippen molar-refractivity contribution in [3.05, 3.63) is 47.9 Å². The Balaban J connectivity index is 2.04. The van der Waals surface area contributed by atoms with E-state index >= 15 is 0 Å². The summed E-state index contributed by atoms with van der Waals surface area (Å²) in [6.45, 7) is 3.99. The zero-order valence-electron chi connectivity index (χ0n) is 11.4. The maximum absolute atomic E-state index is 11.6. The molecule has 104 valence electrons. The van der Waals surface area contributed by atoms with Crippen LogP contribution >= 0.6 is 0 Å². The third-order valence-electron chi connectivity index (χ3n) is 2.88. The van der Waals surface area contributed by atoms with Crippen LogP contribution in [0.3, 0.4) is 0 Å². The lowest BCUT2D eigenvalue weighted by molar-refractivity contribution is -0.145. The molecule has 0 aliphatic carbocycles. The van der Waals surface area contributed by atoms with E-state index < -0.39 is 19.1 Å². The van der Waals surface area contributed by atoms with E-state index in [1.165, 1.54) is 0 Å². The normalized spacial score (nSPS) is 16.9. The van der Waals surface area contributed by atoms with Crippen LogP contribution in [0.15, 0.2) is 42.4 Å². The lowest BCUT2D eigenvalue weighted by Gasteiger charge is -2.23. The maximum atomic E-state index is 11.6. The van der Waals surface area contributed by atoms with Crippen LogP contribution < -0.4 is 0 Å². The predicted molar refractivity (Wildman–Crippen MR) is 74.7 cm³/mol. The summed E-state index contributed by atoms with van der Waals surface area (Å²) in [4.78, 5) is 24.8. The first-order chi connectivity index (χ1) is 9.54. The standard InChI is InChI=1S/C14H16BNO4/c1-11(8-12-6-4-3-5-7-12)15-19-13(17)9-16(2)10-14(18)20-15/h3-7H,1,8-10H2,2H3. The Morgan fingerprint density at radius 3 is 2.30 bits per heavy atom. The molecule has 1 aliphatic heterocycles. The van der Waals surface area contributed by atoms with E-state index in [0.717, 1.165) is 5.56 Å². The van der Waals surface area contributed by atoms with Crippen molar-refractivity contribution in [3.8, 4) is 0 Å². The van der Waals surface area contributed by atoms with Crippen molar-refractivity contribution >= 4 is 19.1 Å². The van der Waals surface area contributed by atoms with Crippen molar-refractivity contribution in [2.45, 2.75) is 6.42 Å². The van der Waals surface area contributed by atoms with Crippen LogP contribution in [0.4, 0.5) is 0 Å². The van der Waals surface area contributed by atoms with Gasteiger partial charge in [-0.25, -0.2) is 0 Å². The number of benzene rings is 1. The van der Waals surface area contributed by atoms with Gasteiger partial charge in [0, 0.05) is 0 Å². The predicted octanol–water partition coefficient (Wildman–Crippen LogP) is 0.844. The number of carbonyl (C=O) groups is 2. The van der Waals surface area contributed by atoms with Gasteiger partial charge in [0.2, 0.25) is 0 Å². The maximum Gasteiger partial charge on any atom is 0.631 e. The molecule has 1 heterocycles. The summed E-state index contributed by atoms with van der Waals surface area (Å²) in [5.74, 6) is -0.863. The van der Waals surface area contributed by atoms with Gasteiger partial charge in [-0.2, -0.15) is 0 Å². The molecule has 1 aliphatic rings. The fourth-order valence-corrected chi connectivity index (χ4v) is 1.94. The van der Waals surface area contributed by atoms with Crippen molar-refractivity contribution in [3.63, 3.8) is 0 Å². The van der Waals surface area contributed by atoms with Gasteiger partial charge in [0.05, 0.1) is 13.1 Å². The van der Waals surface area contributed by atoms with Crippen molar-refractivity contribution in [2.24, 2.45) is 0 Å². The van der Waals surface area contributed by atoms with E-state index in [4.69, 9.17) is 9.31 Å². The van der Waals surface area contributed by atoms with E-state index in [2.05, 4.69) is 6.58 Å². The summed E-state index contributed by atoms with van der Waals surface area (Å²) in [7, 11) is 0.644. The number of hydrogen-bond acceptors (Lipinski definition) is 5. The van der Waals surface area contributed by atoms with Gasteiger partial charge in [-0.3, -0.25) is 14.5 Å². The number of carbonyl (C=O) groups excluding carboxylic acids is 2. The van der Waals surface area contributed by atoms with Crippen molar-refractivity contribution in [2.75, 3.05) is 20.1 Å². The Labute approximate surface area is 118 Å². The van der Waals surface area contributed by atoms with Crippen LogP contribution in [0.5, 0.6) is 0 Å². The van der Waals surface area contributed by atoms with Gasteiger partial charge < -0.3 is 9.31 Å². The molecule has 1 aromatic carbocycles. The van der Waals surface area contributed by atoms with Crippen LogP contribution in [0.25, 0.3) is 0 Å². The van der Waals surface area contributed by atoms with Gasteiger partial charge in [-0.05, 0) is 24.5 Å². The van der Waals surface area contributed by atoms with Gasteiger partial charge in [-0.15, -0.1) is 6.58 Å². The topological polar surface area (TPSA) is 55.8 Å². The molecule has 0 spiro atoms. The van der Waals surface area contributed by atoms with Gasteiger partial charge in [0.15, 0.2) is 0 Å². The van der Waals surface area contributed by atoms with E-state index in [0.29, 0.717) is 11.9 Å². The summed E-state index contributed by atoms with van der Waals surface area (Å²) in [5.41, 5.74) is 1.56. The van der Waals surface area contributed by atoms with Gasteiger partial charge >= 0.3 is 19.1 Å². The van der Waals surface area contributed by atoms with E-state index in [9.17, 15) is 9.59 Å². The molecule has 0 aromatic heterocycles. The van der Waals surface area contributed by atoms with Crippen LogP contribution in [-0.2, 0) is 25.3 Å². The summed E-state index contributed by atoms with van der Waals surface area (Å²) in [5, 5.41) is 0. The van der Waals surface area contributed by atoms with Gasteiger partial charge in [0.25, 0.3) is 0 Å². The zero-order chi connectivity index (χ0) is 14.5. The Kier molecular flexibility index (Phi) is 4.58. The molecule has 0 bridgehead atoms. The Morgan fingerprint density at radius 2 is 1.75 bits per heavy atom. The molecule has 5 nitrogen and oxygen atoms in total. The molecule has 1 saturated heterocycles. The first kappa shape index (κ1) is 14.3. The molecule has 0 unspecified atom stereocenters. The van der Waals surface area contributed by atoms with Crippen molar-refractivity contribution < 1.29 is 18.9 Å². The fourth-order valence-electron chi connectivity index (χ4n) is 1.94. The van der Waals surface area contributed by atoms with E-state index in [1.807, 2.05) is 30.3 Å². The molecule has 0 atom stereocenters. The molecule has 0 radical (unpaired) electrons. The summed E-state index contributed by atoms with van der Waals surface area (Å²) in [6.07, 6.45) is 0.488. The second kappa shape index (κ2) is 6.39. The number of rotatable bonds is 3. The molecular formula is C14H16BNO4. The van der Waals surface area contributed by atoms with Gasteiger partial charge in [0.1, 0.15) is 0 Å². The van der Waals surface area contributed by atoms with Crippen LogP contribution in [-0.4, -0.2) is 44.1 Å². The smallest absolute Gasteiger partial charge is 0.495 e. The highest BCUT2D eigenvalue weighted by atomic mass is 16.6. The minimum Gasteiger partial charge on any atom is -0.495 e. The number of allylic oxidation sites excluding steroid dienone is 1. The second-order valence-corrected chi connectivity index (χ2v) is 4.80. The third kappa shape index (κ3) is 3.96. The largest absolute Gasteiger partial charge is 0.631 e. The molecule has 2 rings (SSSR count). The Morgan fingerprint density at radius 1 is 1.20 bits per heavy atom. The molecule has 1 aromatic rings. The molecule has 20 heavy (non-hydrogen) atoms. The molecule has 0 saturated carbocycles. The quantitative estimate of drug-likeness (QED) is 0.764. The summed E-state index contributed by atoms with van der Waals surface area (Å²) < 4.78 is 10.3. The van der Waals surface area contributed by atoms with Crippen molar-refractivity contribution in [1.82, 2.24) is 4.90 Å². The Bertz CT molecular complexity index is 497. The van der Waals surface area contributed by atoms with Crippen LogP contribution in [0.1, 0.15) is 5.56 Å².